The van der Waals surface area contributed by atoms with Crippen molar-refractivity contribution in [3.8, 4) is 0 Å². The first-order valence-corrected chi connectivity index (χ1v) is 5.49. The summed E-state index contributed by atoms with van der Waals surface area (Å²) in [5, 5.41) is 0. The van der Waals surface area contributed by atoms with Crippen LogP contribution in [0.5, 0.6) is 0 Å². The largest absolute Gasteiger partial charge is 0.416 e. The maximum atomic E-state index is 12.5. The molecule has 0 aliphatic rings. The van der Waals surface area contributed by atoms with Crippen LogP contribution in [0.1, 0.15) is 36.4 Å². The zero-order chi connectivity index (χ0) is 12.9. The second-order valence-electron chi connectivity index (χ2n) is 3.95. The molecule has 0 aliphatic heterocycles. The average Bonchev–Trinajstić information content (AvgIpc) is 2.28. The van der Waals surface area contributed by atoms with Gasteiger partial charge in [0.15, 0.2) is 0 Å². The molecule has 0 bridgehead atoms. The number of alkyl halides is 3. The number of unbranched alkanes of at least 4 members (excludes halogenated alkanes) is 1. The Labute approximate surface area is 99.1 Å². The Morgan fingerprint density at radius 2 is 2.06 bits per heavy atom. The van der Waals surface area contributed by atoms with E-state index < -0.39 is 11.7 Å². The highest BCUT2D eigenvalue weighted by molar-refractivity contribution is 5.27. The quantitative estimate of drug-likeness (QED) is 0.612. The van der Waals surface area contributed by atoms with Gasteiger partial charge in [-0.2, -0.15) is 13.2 Å². The monoisotopic (exact) mass is 243 g/mol. The van der Waals surface area contributed by atoms with Crippen molar-refractivity contribution in [1.29, 1.82) is 0 Å². The first-order chi connectivity index (χ1) is 7.95. The predicted octanol–water partition coefficient (Wildman–Crippen LogP) is 4.06. The van der Waals surface area contributed by atoms with Crippen LogP contribution in [0.3, 0.4) is 0 Å². The third-order valence-corrected chi connectivity index (χ3v) is 2.57. The SMILES string of the molecule is C=CCCCC(N)c1cccc(C(F)(F)F)c1. The summed E-state index contributed by atoms with van der Waals surface area (Å²) in [5.41, 5.74) is 5.73. The van der Waals surface area contributed by atoms with Crippen molar-refractivity contribution >= 4 is 0 Å². The van der Waals surface area contributed by atoms with E-state index in [2.05, 4.69) is 6.58 Å². The fourth-order valence-corrected chi connectivity index (χ4v) is 1.59. The molecule has 0 amide bonds. The molecule has 1 aromatic carbocycles. The van der Waals surface area contributed by atoms with Crippen molar-refractivity contribution in [2.45, 2.75) is 31.5 Å². The molecule has 1 atom stereocenters. The number of hydrogen-bond acceptors (Lipinski definition) is 1. The third-order valence-electron chi connectivity index (χ3n) is 2.57. The Balaban J connectivity index is 2.74. The molecular weight excluding hydrogens is 227 g/mol. The second-order valence-corrected chi connectivity index (χ2v) is 3.95. The topological polar surface area (TPSA) is 26.0 Å². The summed E-state index contributed by atoms with van der Waals surface area (Å²) >= 11 is 0. The van der Waals surface area contributed by atoms with Crippen molar-refractivity contribution in [3.05, 3.63) is 48.0 Å². The highest BCUT2D eigenvalue weighted by Crippen LogP contribution is 2.31. The van der Waals surface area contributed by atoms with Gasteiger partial charge in [-0.05, 0) is 37.0 Å². The molecule has 0 spiro atoms. The van der Waals surface area contributed by atoms with Crippen LogP contribution in [0, 0.1) is 0 Å². The highest BCUT2D eigenvalue weighted by Gasteiger charge is 2.30. The van der Waals surface area contributed by atoms with E-state index in [0.29, 0.717) is 12.0 Å². The Morgan fingerprint density at radius 3 is 2.65 bits per heavy atom. The molecule has 0 heterocycles. The Kier molecular flexibility index (Phi) is 4.75. The van der Waals surface area contributed by atoms with Gasteiger partial charge < -0.3 is 5.73 Å². The van der Waals surface area contributed by atoms with E-state index in [4.69, 9.17) is 5.73 Å². The van der Waals surface area contributed by atoms with Crippen molar-refractivity contribution in [2.75, 3.05) is 0 Å². The van der Waals surface area contributed by atoms with Crippen LogP contribution in [0.4, 0.5) is 13.2 Å². The van der Waals surface area contributed by atoms with E-state index >= 15 is 0 Å². The van der Waals surface area contributed by atoms with Crippen LogP contribution in [-0.2, 0) is 6.18 Å². The van der Waals surface area contributed by atoms with Gasteiger partial charge in [0.25, 0.3) is 0 Å². The first-order valence-electron chi connectivity index (χ1n) is 5.49. The predicted molar refractivity (Wildman–Crippen MR) is 62.4 cm³/mol. The summed E-state index contributed by atoms with van der Waals surface area (Å²) < 4.78 is 37.5. The van der Waals surface area contributed by atoms with Crippen molar-refractivity contribution < 1.29 is 13.2 Å². The van der Waals surface area contributed by atoms with E-state index in [1.807, 2.05) is 0 Å². The average molecular weight is 243 g/mol. The molecule has 0 fully saturated rings. The lowest BCUT2D eigenvalue weighted by Gasteiger charge is -2.14. The standard InChI is InChI=1S/C13H16F3N/c1-2-3-4-8-12(17)10-6-5-7-11(9-10)13(14,15)16/h2,5-7,9,12H,1,3-4,8,17H2. The van der Waals surface area contributed by atoms with Crippen molar-refractivity contribution in [2.24, 2.45) is 5.73 Å². The number of halogens is 3. The van der Waals surface area contributed by atoms with Crippen LogP contribution in [-0.4, -0.2) is 0 Å². The van der Waals surface area contributed by atoms with Crippen molar-refractivity contribution in [1.82, 2.24) is 0 Å². The van der Waals surface area contributed by atoms with Gasteiger partial charge in [0.1, 0.15) is 0 Å². The number of rotatable bonds is 5. The molecule has 1 unspecified atom stereocenters. The molecule has 0 saturated heterocycles. The first kappa shape index (κ1) is 13.8. The summed E-state index contributed by atoms with van der Waals surface area (Å²) in [6.07, 6.45) is -0.212. The lowest BCUT2D eigenvalue weighted by atomic mass is 10.00. The maximum absolute atomic E-state index is 12.5. The minimum Gasteiger partial charge on any atom is -0.324 e. The van der Waals surface area contributed by atoms with Crippen LogP contribution in [0.25, 0.3) is 0 Å². The number of hydrogen-bond donors (Lipinski definition) is 1. The van der Waals surface area contributed by atoms with Gasteiger partial charge in [-0.3, -0.25) is 0 Å². The number of nitrogens with two attached hydrogens (primary N) is 1. The van der Waals surface area contributed by atoms with E-state index in [1.54, 1.807) is 12.1 Å². The van der Waals surface area contributed by atoms with Gasteiger partial charge in [0.2, 0.25) is 0 Å². The number of allylic oxidation sites excluding steroid dienone is 1. The lowest BCUT2D eigenvalue weighted by Crippen LogP contribution is -2.12. The summed E-state index contributed by atoms with van der Waals surface area (Å²) in [4.78, 5) is 0. The summed E-state index contributed by atoms with van der Waals surface area (Å²) in [5.74, 6) is 0. The fraction of sp³-hybridized carbons (Fsp3) is 0.385. The normalized spacial score (nSPS) is 13.4. The van der Waals surface area contributed by atoms with Crippen molar-refractivity contribution in [3.63, 3.8) is 0 Å². The molecule has 0 aromatic heterocycles. The van der Waals surface area contributed by atoms with E-state index in [9.17, 15) is 13.2 Å². The van der Waals surface area contributed by atoms with Gasteiger partial charge in [0, 0.05) is 6.04 Å². The summed E-state index contributed by atoms with van der Waals surface area (Å²) in [6, 6.07) is 4.86. The summed E-state index contributed by atoms with van der Waals surface area (Å²) in [6.45, 7) is 3.59. The van der Waals surface area contributed by atoms with Crippen LogP contribution >= 0.6 is 0 Å². The van der Waals surface area contributed by atoms with E-state index in [0.717, 1.165) is 25.0 Å². The minimum absolute atomic E-state index is 0.350. The molecule has 1 rings (SSSR count). The van der Waals surface area contributed by atoms with Gasteiger partial charge in [-0.25, -0.2) is 0 Å². The second kappa shape index (κ2) is 5.87. The van der Waals surface area contributed by atoms with Gasteiger partial charge >= 0.3 is 6.18 Å². The Hall–Kier alpha value is -1.29. The molecule has 94 valence electrons. The highest BCUT2D eigenvalue weighted by atomic mass is 19.4. The molecule has 4 heteroatoms. The lowest BCUT2D eigenvalue weighted by molar-refractivity contribution is -0.137. The third kappa shape index (κ3) is 4.23. The molecule has 0 radical (unpaired) electrons. The molecule has 1 nitrogen and oxygen atoms in total. The van der Waals surface area contributed by atoms with Gasteiger partial charge in [0.05, 0.1) is 5.56 Å². The Bertz CT molecular complexity index is 371. The van der Waals surface area contributed by atoms with Crippen LogP contribution in [0.2, 0.25) is 0 Å². The maximum Gasteiger partial charge on any atom is 0.416 e. The molecule has 2 N–H and O–H groups in total. The zero-order valence-corrected chi connectivity index (χ0v) is 9.50. The van der Waals surface area contributed by atoms with Crippen LogP contribution in [0.15, 0.2) is 36.9 Å². The zero-order valence-electron chi connectivity index (χ0n) is 9.50. The van der Waals surface area contributed by atoms with Crippen LogP contribution < -0.4 is 5.73 Å². The molecule has 0 saturated carbocycles. The Morgan fingerprint density at radius 1 is 1.35 bits per heavy atom. The molecule has 1 aromatic rings. The number of benzene rings is 1. The minimum atomic E-state index is -4.31. The summed E-state index contributed by atoms with van der Waals surface area (Å²) in [7, 11) is 0. The fourth-order valence-electron chi connectivity index (χ4n) is 1.59. The van der Waals surface area contributed by atoms with E-state index in [-0.39, 0.29) is 6.04 Å². The van der Waals surface area contributed by atoms with Gasteiger partial charge in [-0.15, -0.1) is 6.58 Å². The smallest absolute Gasteiger partial charge is 0.324 e. The molecule has 17 heavy (non-hydrogen) atoms. The van der Waals surface area contributed by atoms with Gasteiger partial charge in [-0.1, -0.05) is 18.2 Å². The molecular formula is C13H16F3N. The molecule has 0 aliphatic carbocycles. The van der Waals surface area contributed by atoms with E-state index in [1.165, 1.54) is 6.07 Å².